The van der Waals surface area contributed by atoms with E-state index < -0.39 is 6.10 Å². The van der Waals surface area contributed by atoms with Crippen LogP contribution in [-0.2, 0) is 0 Å². The second-order valence-electron chi connectivity index (χ2n) is 5.28. The molecule has 3 nitrogen and oxygen atoms in total. The van der Waals surface area contributed by atoms with E-state index in [0.29, 0.717) is 12.5 Å². The second-order valence-corrected chi connectivity index (χ2v) is 5.28. The molecule has 0 aromatic heterocycles. The molecule has 0 bridgehead atoms. The van der Waals surface area contributed by atoms with Crippen molar-refractivity contribution in [3.63, 3.8) is 0 Å². The lowest BCUT2D eigenvalue weighted by atomic mass is 9.87. The van der Waals surface area contributed by atoms with E-state index in [1.54, 1.807) is 7.11 Å². The molecule has 0 aliphatic carbocycles. The highest BCUT2D eigenvalue weighted by Crippen LogP contribution is 2.31. The lowest BCUT2D eigenvalue weighted by Gasteiger charge is -2.25. The maximum Gasteiger partial charge on any atom is 0.122 e. The molecular formula is C15H25NO2. The Labute approximate surface area is 110 Å². The number of hydrogen-bond acceptors (Lipinski definition) is 3. The van der Waals surface area contributed by atoms with Crippen LogP contribution >= 0.6 is 0 Å². The van der Waals surface area contributed by atoms with Gasteiger partial charge in [0.15, 0.2) is 0 Å². The van der Waals surface area contributed by atoms with Crippen molar-refractivity contribution in [2.45, 2.75) is 39.2 Å². The van der Waals surface area contributed by atoms with Crippen LogP contribution in [0.15, 0.2) is 18.2 Å². The van der Waals surface area contributed by atoms with Gasteiger partial charge in [0.05, 0.1) is 13.2 Å². The molecule has 1 rings (SSSR count). The Bertz CT molecular complexity index is 377. The van der Waals surface area contributed by atoms with E-state index in [9.17, 15) is 5.11 Å². The maximum atomic E-state index is 10.3. The Balaban J connectivity index is 3.03. The van der Waals surface area contributed by atoms with Crippen LogP contribution in [0, 0.1) is 12.8 Å². The first-order valence-corrected chi connectivity index (χ1v) is 6.52. The van der Waals surface area contributed by atoms with Crippen LogP contribution in [0.2, 0.25) is 0 Å². The smallest absolute Gasteiger partial charge is 0.122 e. The summed E-state index contributed by atoms with van der Waals surface area (Å²) in [6.07, 6.45) is 0.324. The molecule has 0 fully saturated rings. The van der Waals surface area contributed by atoms with Crippen LogP contribution in [0.4, 0.5) is 0 Å². The number of benzene rings is 1. The van der Waals surface area contributed by atoms with E-state index in [1.165, 1.54) is 0 Å². The SMILES string of the molecule is COc1ccc(C)cc1C(CN)C(O)CC(C)C. The summed E-state index contributed by atoms with van der Waals surface area (Å²) in [5.74, 6) is 1.19. The third-order valence-electron chi connectivity index (χ3n) is 3.22. The molecule has 0 radical (unpaired) electrons. The van der Waals surface area contributed by atoms with Gasteiger partial charge in [-0.2, -0.15) is 0 Å². The van der Waals surface area contributed by atoms with Crippen LogP contribution in [-0.4, -0.2) is 24.9 Å². The van der Waals surface area contributed by atoms with Crippen molar-refractivity contribution in [3.8, 4) is 5.75 Å². The standard InChI is InChI=1S/C15H25NO2/c1-10(2)7-14(17)13(9-16)12-8-11(3)5-6-15(12)18-4/h5-6,8,10,13-14,17H,7,9,16H2,1-4H3. The first-order chi connectivity index (χ1) is 8.49. The van der Waals surface area contributed by atoms with Crippen molar-refractivity contribution >= 4 is 0 Å². The van der Waals surface area contributed by atoms with Crippen LogP contribution in [0.3, 0.4) is 0 Å². The van der Waals surface area contributed by atoms with E-state index in [2.05, 4.69) is 19.9 Å². The molecule has 0 saturated heterocycles. The molecule has 18 heavy (non-hydrogen) atoms. The fraction of sp³-hybridized carbons (Fsp3) is 0.600. The van der Waals surface area contributed by atoms with E-state index in [0.717, 1.165) is 23.3 Å². The summed E-state index contributed by atoms with van der Waals surface area (Å²) >= 11 is 0. The summed E-state index contributed by atoms with van der Waals surface area (Å²) in [5.41, 5.74) is 8.00. The molecule has 0 aliphatic heterocycles. The number of hydrogen-bond donors (Lipinski definition) is 2. The molecule has 2 unspecified atom stereocenters. The highest BCUT2D eigenvalue weighted by atomic mass is 16.5. The van der Waals surface area contributed by atoms with Gasteiger partial charge in [0.1, 0.15) is 5.75 Å². The Hall–Kier alpha value is -1.06. The number of rotatable bonds is 6. The van der Waals surface area contributed by atoms with Crippen molar-refractivity contribution in [2.75, 3.05) is 13.7 Å². The molecule has 102 valence electrons. The number of aliphatic hydroxyl groups is 1. The predicted octanol–water partition coefficient (Wildman–Crippen LogP) is 2.45. The minimum Gasteiger partial charge on any atom is -0.496 e. The van der Waals surface area contributed by atoms with Crippen LogP contribution in [0.5, 0.6) is 5.75 Å². The Morgan fingerprint density at radius 3 is 2.50 bits per heavy atom. The van der Waals surface area contributed by atoms with Crippen molar-refractivity contribution < 1.29 is 9.84 Å². The number of aliphatic hydroxyl groups excluding tert-OH is 1. The molecule has 0 spiro atoms. The largest absolute Gasteiger partial charge is 0.496 e. The van der Waals surface area contributed by atoms with Crippen LogP contribution < -0.4 is 10.5 Å². The van der Waals surface area contributed by atoms with Crippen molar-refractivity contribution in [1.29, 1.82) is 0 Å². The number of nitrogens with two attached hydrogens (primary N) is 1. The van der Waals surface area contributed by atoms with Gasteiger partial charge in [0.2, 0.25) is 0 Å². The zero-order chi connectivity index (χ0) is 13.7. The number of methoxy groups -OCH3 is 1. The first-order valence-electron chi connectivity index (χ1n) is 6.52. The lowest BCUT2D eigenvalue weighted by molar-refractivity contribution is 0.120. The average Bonchev–Trinajstić information content (AvgIpc) is 2.29. The molecular weight excluding hydrogens is 226 g/mol. The first kappa shape index (κ1) is 15.0. The molecule has 0 amide bonds. The summed E-state index contributed by atoms with van der Waals surface area (Å²) in [7, 11) is 1.65. The fourth-order valence-corrected chi connectivity index (χ4v) is 2.28. The fourth-order valence-electron chi connectivity index (χ4n) is 2.28. The van der Waals surface area contributed by atoms with Crippen LogP contribution in [0.1, 0.15) is 37.3 Å². The topological polar surface area (TPSA) is 55.5 Å². The van der Waals surface area contributed by atoms with Gasteiger partial charge < -0.3 is 15.6 Å². The zero-order valence-electron chi connectivity index (χ0n) is 11.8. The van der Waals surface area contributed by atoms with E-state index in [1.807, 2.05) is 19.1 Å². The van der Waals surface area contributed by atoms with Crippen molar-refractivity contribution in [2.24, 2.45) is 11.7 Å². The average molecular weight is 251 g/mol. The van der Waals surface area contributed by atoms with Gasteiger partial charge in [-0.25, -0.2) is 0 Å². The summed E-state index contributed by atoms with van der Waals surface area (Å²) in [5, 5.41) is 10.3. The van der Waals surface area contributed by atoms with E-state index in [4.69, 9.17) is 10.5 Å². The molecule has 0 heterocycles. The van der Waals surface area contributed by atoms with E-state index >= 15 is 0 Å². The summed E-state index contributed by atoms with van der Waals surface area (Å²) < 4.78 is 5.37. The van der Waals surface area contributed by atoms with Crippen LogP contribution in [0.25, 0.3) is 0 Å². The summed E-state index contributed by atoms with van der Waals surface area (Å²) in [6.45, 7) is 6.66. The van der Waals surface area contributed by atoms with Crippen molar-refractivity contribution in [3.05, 3.63) is 29.3 Å². The van der Waals surface area contributed by atoms with Crippen molar-refractivity contribution in [1.82, 2.24) is 0 Å². The molecule has 1 aromatic rings. The number of aryl methyl sites for hydroxylation is 1. The summed E-state index contributed by atoms with van der Waals surface area (Å²) in [6, 6.07) is 6.00. The molecule has 0 saturated carbocycles. The second kappa shape index (κ2) is 6.76. The molecule has 3 N–H and O–H groups in total. The van der Waals surface area contributed by atoms with Gasteiger partial charge in [0, 0.05) is 18.0 Å². The minimum absolute atomic E-state index is 0.0674. The molecule has 3 heteroatoms. The quantitative estimate of drug-likeness (QED) is 0.816. The third-order valence-corrected chi connectivity index (χ3v) is 3.22. The molecule has 0 aliphatic rings. The Kier molecular flexibility index (Phi) is 5.63. The Morgan fingerprint density at radius 1 is 1.33 bits per heavy atom. The number of ether oxygens (including phenoxy) is 1. The van der Waals surface area contributed by atoms with Gasteiger partial charge in [-0.05, 0) is 25.3 Å². The van der Waals surface area contributed by atoms with E-state index in [-0.39, 0.29) is 5.92 Å². The van der Waals surface area contributed by atoms with Gasteiger partial charge in [0.25, 0.3) is 0 Å². The monoisotopic (exact) mass is 251 g/mol. The lowest BCUT2D eigenvalue weighted by Crippen LogP contribution is -2.27. The Morgan fingerprint density at radius 2 is 2.00 bits per heavy atom. The van der Waals surface area contributed by atoms with Gasteiger partial charge >= 0.3 is 0 Å². The zero-order valence-corrected chi connectivity index (χ0v) is 11.8. The van der Waals surface area contributed by atoms with Gasteiger partial charge in [-0.15, -0.1) is 0 Å². The normalized spacial score (nSPS) is 14.6. The minimum atomic E-state index is -0.425. The highest BCUT2D eigenvalue weighted by molar-refractivity contribution is 5.40. The molecule has 1 aromatic carbocycles. The molecule has 2 atom stereocenters. The third kappa shape index (κ3) is 3.72. The predicted molar refractivity (Wildman–Crippen MR) is 75.0 cm³/mol. The highest BCUT2D eigenvalue weighted by Gasteiger charge is 2.23. The summed E-state index contributed by atoms with van der Waals surface area (Å²) in [4.78, 5) is 0. The van der Waals surface area contributed by atoms with Gasteiger partial charge in [-0.1, -0.05) is 31.5 Å². The maximum absolute atomic E-state index is 10.3. The van der Waals surface area contributed by atoms with Gasteiger partial charge in [-0.3, -0.25) is 0 Å².